The van der Waals surface area contributed by atoms with Crippen LogP contribution in [-0.4, -0.2) is 50.1 Å². The Balaban J connectivity index is 0.00000225. The first-order valence-corrected chi connectivity index (χ1v) is 8.54. The van der Waals surface area contributed by atoms with Crippen LogP contribution in [0.15, 0.2) is 21.5 Å². The van der Waals surface area contributed by atoms with Gasteiger partial charge in [0.15, 0.2) is 11.7 Å². The highest BCUT2D eigenvalue weighted by atomic mass is 127. The Morgan fingerprint density at radius 1 is 1.40 bits per heavy atom. The van der Waals surface area contributed by atoms with Gasteiger partial charge in [-0.2, -0.15) is 0 Å². The molecule has 3 rings (SSSR count). The number of rotatable bonds is 3. The van der Waals surface area contributed by atoms with Gasteiger partial charge in [-0.25, -0.2) is 0 Å². The first-order valence-electron chi connectivity index (χ1n) is 8.54. The van der Waals surface area contributed by atoms with Gasteiger partial charge >= 0.3 is 0 Å². The van der Waals surface area contributed by atoms with Crippen LogP contribution in [0.1, 0.15) is 42.0 Å². The van der Waals surface area contributed by atoms with Crippen molar-refractivity contribution >= 4 is 35.8 Å². The number of aliphatic imine (C=N–C) groups is 1. The average molecular weight is 462 g/mol. The molecule has 0 saturated carbocycles. The number of carbonyl (C=O) groups is 1. The number of hydrogen-bond acceptors (Lipinski definition) is 4. The van der Waals surface area contributed by atoms with Gasteiger partial charge in [0.2, 0.25) is 0 Å². The van der Waals surface area contributed by atoms with Crippen LogP contribution in [0, 0.1) is 5.41 Å². The summed E-state index contributed by atoms with van der Waals surface area (Å²) in [6.45, 7) is 4.17. The van der Waals surface area contributed by atoms with E-state index < -0.39 is 5.91 Å². The first-order chi connectivity index (χ1) is 11.6. The maximum absolute atomic E-state index is 11.1. The fourth-order valence-electron chi connectivity index (χ4n) is 3.72. The predicted octanol–water partition coefficient (Wildman–Crippen LogP) is 1.96. The van der Waals surface area contributed by atoms with Crippen molar-refractivity contribution in [3.8, 4) is 0 Å². The molecule has 1 spiro atoms. The summed E-state index contributed by atoms with van der Waals surface area (Å²) < 4.78 is 11.1. The van der Waals surface area contributed by atoms with E-state index >= 15 is 0 Å². The number of piperidine rings is 1. The predicted molar refractivity (Wildman–Crippen MR) is 106 cm³/mol. The molecule has 1 atom stereocenters. The quantitative estimate of drug-likeness (QED) is 0.407. The zero-order chi connectivity index (χ0) is 17.0. The van der Waals surface area contributed by atoms with E-state index in [9.17, 15) is 4.79 Å². The van der Waals surface area contributed by atoms with Crippen molar-refractivity contribution in [3.63, 3.8) is 0 Å². The van der Waals surface area contributed by atoms with Gasteiger partial charge in [0.1, 0.15) is 5.76 Å². The van der Waals surface area contributed by atoms with E-state index in [-0.39, 0.29) is 35.2 Å². The van der Waals surface area contributed by atoms with E-state index in [2.05, 4.69) is 15.2 Å². The second-order valence-corrected chi connectivity index (χ2v) is 6.71. The van der Waals surface area contributed by atoms with Crippen molar-refractivity contribution < 1.29 is 13.9 Å². The maximum Gasteiger partial charge on any atom is 0.284 e. The molecule has 0 aliphatic carbocycles. The second-order valence-electron chi connectivity index (χ2n) is 6.71. The van der Waals surface area contributed by atoms with E-state index in [0.29, 0.717) is 12.3 Å². The minimum Gasteiger partial charge on any atom is -0.454 e. The Labute approximate surface area is 165 Å². The number of likely N-dealkylation sites (tertiary alicyclic amines) is 1. The third-order valence-electron chi connectivity index (χ3n) is 4.90. The first kappa shape index (κ1) is 20.0. The molecule has 2 aliphatic rings. The van der Waals surface area contributed by atoms with Gasteiger partial charge < -0.3 is 25.1 Å². The number of nitrogens with zero attached hydrogens (tertiary/aromatic N) is 2. The van der Waals surface area contributed by atoms with Crippen molar-refractivity contribution in [2.45, 2.75) is 32.2 Å². The van der Waals surface area contributed by atoms with Crippen molar-refractivity contribution in [2.75, 3.05) is 33.4 Å². The Bertz CT molecular complexity index is 605. The summed E-state index contributed by atoms with van der Waals surface area (Å²) in [6.07, 6.45) is 4.74. The minimum absolute atomic E-state index is 0. The molecule has 0 radical (unpaired) electrons. The topological polar surface area (TPSA) is 93.1 Å². The normalized spacial score (nSPS) is 24.0. The van der Waals surface area contributed by atoms with Crippen LogP contribution in [0.4, 0.5) is 0 Å². The summed E-state index contributed by atoms with van der Waals surface area (Å²) in [5, 5.41) is 3.32. The summed E-state index contributed by atoms with van der Waals surface area (Å²) in [4.78, 5) is 17.8. The lowest BCUT2D eigenvalue weighted by molar-refractivity contribution is -0.0370. The van der Waals surface area contributed by atoms with Gasteiger partial charge in [-0.3, -0.25) is 9.79 Å². The minimum atomic E-state index is -0.555. The van der Waals surface area contributed by atoms with E-state index in [4.69, 9.17) is 14.9 Å². The summed E-state index contributed by atoms with van der Waals surface area (Å²) in [6, 6.07) is 3.35. The van der Waals surface area contributed by atoms with Gasteiger partial charge in [-0.15, -0.1) is 24.0 Å². The monoisotopic (exact) mass is 462 g/mol. The highest BCUT2D eigenvalue weighted by molar-refractivity contribution is 14.0. The number of guanidine groups is 1. The van der Waals surface area contributed by atoms with Gasteiger partial charge in [0, 0.05) is 32.2 Å². The number of nitrogens with one attached hydrogen (secondary N) is 1. The third kappa shape index (κ3) is 4.87. The number of carbonyl (C=O) groups excluding carboxylic acids is 1. The standard InChI is InChI=1S/C17H26N4O3.HI/c1-19-16(20-10-13-4-5-14(24-13)15(18)22)21-8-2-6-17(11-21)7-3-9-23-12-17;/h4-5H,2-3,6-12H2,1H3,(H2,18,22)(H,19,20);1H. The zero-order valence-corrected chi connectivity index (χ0v) is 17.0. The lowest BCUT2D eigenvalue weighted by Gasteiger charge is -2.45. The molecule has 0 bridgehead atoms. The fraction of sp³-hybridized carbons (Fsp3) is 0.647. The highest BCUT2D eigenvalue weighted by Gasteiger charge is 2.38. The zero-order valence-electron chi connectivity index (χ0n) is 14.6. The average Bonchev–Trinajstić information content (AvgIpc) is 3.06. The van der Waals surface area contributed by atoms with Crippen molar-refractivity contribution in [1.82, 2.24) is 10.2 Å². The number of furan rings is 1. The maximum atomic E-state index is 11.1. The molecule has 0 aromatic carbocycles. The van der Waals surface area contributed by atoms with E-state index in [1.54, 1.807) is 19.2 Å². The number of amides is 1. The van der Waals surface area contributed by atoms with Crippen LogP contribution < -0.4 is 11.1 Å². The molecule has 1 aromatic heterocycles. The number of ether oxygens (including phenoxy) is 1. The van der Waals surface area contributed by atoms with Gasteiger partial charge in [-0.05, 0) is 37.8 Å². The molecule has 2 saturated heterocycles. The van der Waals surface area contributed by atoms with E-state index in [1.165, 1.54) is 12.8 Å². The summed E-state index contributed by atoms with van der Waals surface area (Å²) in [5.41, 5.74) is 5.47. The molecule has 2 fully saturated rings. The Hall–Kier alpha value is -1.29. The molecule has 1 amide bonds. The third-order valence-corrected chi connectivity index (χ3v) is 4.90. The van der Waals surface area contributed by atoms with E-state index in [1.807, 2.05) is 0 Å². The van der Waals surface area contributed by atoms with Crippen LogP contribution in [0.5, 0.6) is 0 Å². The molecule has 3 heterocycles. The number of primary amides is 1. The van der Waals surface area contributed by atoms with Crippen LogP contribution in [0.25, 0.3) is 0 Å². The Morgan fingerprint density at radius 2 is 2.20 bits per heavy atom. The second kappa shape index (κ2) is 8.88. The number of nitrogens with two attached hydrogens (primary N) is 1. The largest absolute Gasteiger partial charge is 0.454 e. The number of hydrogen-bond donors (Lipinski definition) is 2. The van der Waals surface area contributed by atoms with Crippen molar-refractivity contribution in [3.05, 3.63) is 23.7 Å². The molecule has 25 heavy (non-hydrogen) atoms. The Kier molecular flexibility index (Phi) is 7.12. The van der Waals surface area contributed by atoms with Crippen LogP contribution in [0.3, 0.4) is 0 Å². The van der Waals surface area contributed by atoms with Crippen LogP contribution in [0.2, 0.25) is 0 Å². The molecular formula is C17H27IN4O3. The molecule has 2 aliphatic heterocycles. The summed E-state index contributed by atoms with van der Waals surface area (Å²) in [5.74, 6) is 1.15. The summed E-state index contributed by atoms with van der Waals surface area (Å²) in [7, 11) is 1.79. The molecular weight excluding hydrogens is 435 g/mol. The number of halogens is 1. The fourth-order valence-corrected chi connectivity index (χ4v) is 3.72. The van der Waals surface area contributed by atoms with Gasteiger partial charge in [0.25, 0.3) is 5.91 Å². The molecule has 1 aromatic rings. The van der Waals surface area contributed by atoms with Gasteiger partial charge in [0.05, 0.1) is 13.2 Å². The lowest BCUT2D eigenvalue weighted by atomic mass is 9.76. The van der Waals surface area contributed by atoms with E-state index in [0.717, 1.165) is 45.1 Å². The summed E-state index contributed by atoms with van der Waals surface area (Å²) >= 11 is 0. The van der Waals surface area contributed by atoms with Crippen molar-refractivity contribution in [2.24, 2.45) is 16.1 Å². The lowest BCUT2D eigenvalue weighted by Crippen LogP contribution is -2.52. The molecule has 7 nitrogen and oxygen atoms in total. The molecule has 3 N–H and O–H groups in total. The van der Waals surface area contributed by atoms with Crippen molar-refractivity contribution in [1.29, 1.82) is 0 Å². The highest BCUT2D eigenvalue weighted by Crippen LogP contribution is 2.37. The smallest absolute Gasteiger partial charge is 0.284 e. The Morgan fingerprint density at radius 3 is 2.84 bits per heavy atom. The van der Waals surface area contributed by atoms with Crippen LogP contribution >= 0.6 is 24.0 Å². The molecule has 140 valence electrons. The SMILES string of the molecule is CN=C(NCc1ccc(C(N)=O)o1)N1CCCC2(CCCOC2)C1.I. The van der Waals surface area contributed by atoms with Crippen LogP contribution in [-0.2, 0) is 11.3 Å². The molecule has 1 unspecified atom stereocenters. The molecule has 8 heteroatoms. The van der Waals surface area contributed by atoms with Gasteiger partial charge in [-0.1, -0.05) is 0 Å².